The molecular formula is C14H27N3O. The fourth-order valence-electron chi connectivity index (χ4n) is 3.47. The summed E-state index contributed by atoms with van der Waals surface area (Å²) in [6, 6.07) is 0.232. The van der Waals surface area contributed by atoms with Gasteiger partial charge in [0, 0.05) is 24.0 Å². The first-order valence-electron chi connectivity index (χ1n) is 7.24. The van der Waals surface area contributed by atoms with Gasteiger partial charge in [0.15, 0.2) is 0 Å². The number of nitrogens with two attached hydrogens (primary N) is 1. The van der Waals surface area contributed by atoms with Crippen molar-refractivity contribution in [2.75, 3.05) is 20.6 Å². The van der Waals surface area contributed by atoms with Crippen molar-refractivity contribution in [1.29, 1.82) is 0 Å². The minimum absolute atomic E-state index is 0.153. The van der Waals surface area contributed by atoms with Gasteiger partial charge >= 0.3 is 0 Å². The Morgan fingerprint density at radius 1 is 1.33 bits per heavy atom. The molecule has 18 heavy (non-hydrogen) atoms. The summed E-state index contributed by atoms with van der Waals surface area (Å²) in [6.07, 6.45) is 7.78. The summed E-state index contributed by atoms with van der Waals surface area (Å²) in [5.74, 6) is 0.372. The zero-order valence-corrected chi connectivity index (χ0v) is 11.7. The third-order valence-corrected chi connectivity index (χ3v) is 4.92. The quantitative estimate of drug-likeness (QED) is 0.789. The van der Waals surface area contributed by atoms with Crippen LogP contribution in [-0.2, 0) is 4.79 Å². The number of nitrogens with one attached hydrogen (secondary N) is 1. The highest BCUT2D eigenvalue weighted by molar-refractivity contribution is 5.79. The molecule has 2 atom stereocenters. The fraction of sp³-hybridized carbons (Fsp3) is 0.929. The Kier molecular flexibility index (Phi) is 4.28. The molecule has 0 aromatic heterocycles. The molecule has 104 valence electrons. The summed E-state index contributed by atoms with van der Waals surface area (Å²) in [5, 5.41) is 3.17. The number of nitrogens with zero attached hydrogens (tertiary/aromatic N) is 1. The van der Waals surface area contributed by atoms with Crippen molar-refractivity contribution in [3.8, 4) is 0 Å². The van der Waals surface area contributed by atoms with Crippen LogP contribution in [0.15, 0.2) is 0 Å². The smallest absolute Gasteiger partial charge is 0.223 e. The van der Waals surface area contributed by atoms with E-state index >= 15 is 0 Å². The van der Waals surface area contributed by atoms with Gasteiger partial charge < -0.3 is 16.0 Å². The predicted molar refractivity (Wildman–Crippen MR) is 73.2 cm³/mol. The number of amides is 1. The molecule has 0 bridgehead atoms. The molecule has 3 N–H and O–H groups in total. The van der Waals surface area contributed by atoms with Crippen LogP contribution in [0.1, 0.15) is 44.9 Å². The Bertz CT molecular complexity index is 297. The lowest BCUT2D eigenvalue weighted by Gasteiger charge is -2.36. The Morgan fingerprint density at radius 3 is 2.50 bits per heavy atom. The fourth-order valence-corrected chi connectivity index (χ4v) is 3.47. The zero-order valence-electron chi connectivity index (χ0n) is 11.7. The van der Waals surface area contributed by atoms with Crippen molar-refractivity contribution < 1.29 is 4.79 Å². The Balaban J connectivity index is 1.84. The van der Waals surface area contributed by atoms with E-state index in [2.05, 4.69) is 24.3 Å². The minimum atomic E-state index is 0.153. The maximum absolute atomic E-state index is 12.1. The van der Waals surface area contributed by atoms with Crippen LogP contribution in [0.2, 0.25) is 0 Å². The van der Waals surface area contributed by atoms with Gasteiger partial charge in [0.25, 0.3) is 0 Å². The van der Waals surface area contributed by atoms with Gasteiger partial charge in [-0.2, -0.15) is 0 Å². The van der Waals surface area contributed by atoms with Crippen LogP contribution >= 0.6 is 0 Å². The summed E-state index contributed by atoms with van der Waals surface area (Å²) in [7, 11) is 4.26. The average molecular weight is 253 g/mol. The van der Waals surface area contributed by atoms with Crippen molar-refractivity contribution in [3.05, 3.63) is 0 Å². The molecule has 0 aromatic rings. The highest BCUT2D eigenvalue weighted by Crippen LogP contribution is 2.33. The van der Waals surface area contributed by atoms with Gasteiger partial charge in [-0.25, -0.2) is 0 Å². The van der Waals surface area contributed by atoms with Crippen LogP contribution < -0.4 is 11.1 Å². The Labute approximate surface area is 110 Å². The van der Waals surface area contributed by atoms with E-state index in [1.54, 1.807) is 0 Å². The summed E-state index contributed by atoms with van der Waals surface area (Å²) in [6.45, 7) is 0.796. The highest BCUT2D eigenvalue weighted by Gasteiger charge is 2.37. The van der Waals surface area contributed by atoms with Crippen LogP contribution in [0.5, 0.6) is 0 Å². The first kappa shape index (κ1) is 13.8. The van der Waals surface area contributed by atoms with Crippen molar-refractivity contribution in [1.82, 2.24) is 10.2 Å². The molecule has 2 fully saturated rings. The first-order chi connectivity index (χ1) is 8.53. The topological polar surface area (TPSA) is 58.4 Å². The van der Waals surface area contributed by atoms with Crippen molar-refractivity contribution in [2.45, 2.75) is 56.5 Å². The number of carbonyl (C=O) groups excluding carboxylic acids is 1. The second kappa shape index (κ2) is 5.57. The predicted octanol–water partition coefficient (Wildman–Crippen LogP) is 1.10. The largest absolute Gasteiger partial charge is 0.354 e. The number of hydrogen-bond acceptors (Lipinski definition) is 3. The van der Waals surface area contributed by atoms with E-state index in [1.165, 1.54) is 25.7 Å². The van der Waals surface area contributed by atoms with E-state index < -0.39 is 0 Å². The van der Waals surface area contributed by atoms with Crippen LogP contribution in [-0.4, -0.2) is 43.0 Å². The Morgan fingerprint density at radius 2 is 2.00 bits per heavy atom. The van der Waals surface area contributed by atoms with E-state index in [9.17, 15) is 4.79 Å². The molecule has 4 heteroatoms. The molecule has 2 aliphatic rings. The van der Waals surface area contributed by atoms with Gasteiger partial charge in [-0.15, -0.1) is 0 Å². The van der Waals surface area contributed by atoms with Gasteiger partial charge in [-0.1, -0.05) is 12.8 Å². The monoisotopic (exact) mass is 253 g/mol. The molecule has 0 aromatic carbocycles. The molecule has 2 rings (SSSR count). The molecular weight excluding hydrogens is 226 g/mol. The third-order valence-electron chi connectivity index (χ3n) is 4.92. The van der Waals surface area contributed by atoms with Crippen LogP contribution in [0.3, 0.4) is 0 Å². The molecule has 0 saturated heterocycles. The molecule has 1 amide bonds. The molecule has 0 heterocycles. The van der Waals surface area contributed by atoms with E-state index in [0.29, 0.717) is 0 Å². The van der Waals surface area contributed by atoms with Gasteiger partial charge in [0.05, 0.1) is 0 Å². The maximum atomic E-state index is 12.1. The van der Waals surface area contributed by atoms with Crippen molar-refractivity contribution in [2.24, 2.45) is 11.7 Å². The lowest BCUT2D eigenvalue weighted by atomic mass is 9.95. The molecule has 0 spiro atoms. The van der Waals surface area contributed by atoms with Crippen LogP contribution in [0, 0.1) is 5.92 Å². The van der Waals surface area contributed by atoms with Crippen molar-refractivity contribution in [3.63, 3.8) is 0 Å². The number of likely N-dealkylation sites (N-methyl/N-ethyl adjacent to an activating group) is 1. The highest BCUT2D eigenvalue weighted by atomic mass is 16.1. The lowest BCUT2D eigenvalue weighted by molar-refractivity contribution is -0.125. The number of hydrogen-bond donors (Lipinski definition) is 2. The maximum Gasteiger partial charge on any atom is 0.223 e. The zero-order chi connectivity index (χ0) is 13.2. The summed E-state index contributed by atoms with van der Waals surface area (Å²) in [5.41, 5.74) is 6.06. The minimum Gasteiger partial charge on any atom is -0.354 e. The number of rotatable bonds is 4. The van der Waals surface area contributed by atoms with Gasteiger partial charge in [0.1, 0.15) is 0 Å². The summed E-state index contributed by atoms with van der Waals surface area (Å²) >= 11 is 0. The normalized spacial score (nSPS) is 30.9. The van der Waals surface area contributed by atoms with E-state index in [-0.39, 0.29) is 23.4 Å². The number of carbonyl (C=O) groups is 1. The molecule has 2 aliphatic carbocycles. The molecule has 4 nitrogen and oxygen atoms in total. The van der Waals surface area contributed by atoms with E-state index in [1.807, 2.05) is 0 Å². The van der Waals surface area contributed by atoms with Gasteiger partial charge in [-0.3, -0.25) is 4.79 Å². The standard InChI is InChI=1S/C14H27N3O/c1-17(2)14(7-3-4-8-14)10-16-13(18)11-5-6-12(15)9-11/h11-12H,3-10,15H2,1-2H3,(H,16,18). The lowest BCUT2D eigenvalue weighted by Crippen LogP contribution is -2.51. The molecule has 0 aliphatic heterocycles. The van der Waals surface area contributed by atoms with Gasteiger partial charge in [-0.05, 0) is 46.2 Å². The van der Waals surface area contributed by atoms with Crippen LogP contribution in [0.4, 0.5) is 0 Å². The summed E-state index contributed by atoms with van der Waals surface area (Å²) < 4.78 is 0. The molecule has 2 saturated carbocycles. The summed E-state index contributed by atoms with van der Waals surface area (Å²) in [4.78, 5) is 14.4. The first-order valence-corrected chi connectivity index (χ1v) is 7.24. The second-order valence-corrected chi connectivity index (χ2v) is 6.31. The SMILES string of the molecule is CN(C)C1(CNC(=O)C2CCC(N)C2)CCCC1. The molecule has 0 radical (unpaired) electrons. The van der Waals surface area contributed by atoms with E-state index in [4.69, 9.17) is 5.73 Å². The Hall–Kier alpha value is -0.610. The van der Waals surface area contributed by atoms with Gasteiger partial charge in [0.2, 0.25) is 5.91 Å². The van der Waals surface area contributed by atoms with E-state index in [0.717, 1.165) is 25.8 Å². The third kappa shape index (κ3) is 2.86. The van der Waals surface area contributed by atoms with Crippen LogP contribution in [0.25, 0.3) is 0 Å². The average Bonchev–Trinajstić information content (AvgIpc) is 2.95. The van der Waals surface area contributed by atoms with Crippen molar-refractivity contribution >= 4 is 5.91 Å². The molecule has 2 unspecified atom stereocenters. The second-order valence-electron chi connectivity index (χ2n) is 6.31.